The zero-order chi connectivity index (χ0) is 15.0. The second-order valence-corrected chi connectivity index (χ2v) is 6.11. The Morgan fingerprint density at radius 3 is 2.91 bits per heavy atom. The first-order valence-corrected chi connectivity index (χ1v) is 7.60. The van der Waals surface area contributed by atoms with E-state index < -0.39 is 5.63 Å². The summed E-state index contributed by atoms with van der Waals surface area (Å²) >= 11 is 3.39. The molecule has 2 N–H and O–H groups in total. The largest absolute Gasteiger partial charge is 0.422 e. The summed E-state index contributed by atoms with van der Waals surface area (Å²) in [7, 11) is 0. The highest BCUT2D eigenvalue weighted by molar-refractivity contribution is 9.10. The maximum absolute atomic E-state index is 12.4. The summed E-state index contributed by atoms with van der Waals surface area (Å²) in [6, 6.07) is 5.43. The average Bonchev–Trinajstić information content (AvgIpc) is 2.92. The SMILES string of the molecule is Cc1c(C(=O)NC2CCNC2)c(=O)oc2ccc(Br)cc12.Cl. The second kappa shape index (κ2) is 6.81. The van der Waals surface area contributed by atoms with E-state index in [4.69, 9.17) is 4.42 Å². The minimum atomic E-state index is -0.592. The van der Waals surface area contributed by atoms with Crippen LogP contribution in [0.25, 0.3) is 11.0 Å². The van der Waals surface area contributed by atoms with Crippen LogP contribution in [-0.4, -0.2) is 25.0 Å². The third kappa shape index (κ3) is 3.19. The van der Waals surface area contributed by atoms with Gasteiger partial charge in [0.05, 0.1) is 0 Å². The molecule has 1 aromatic heterocycles. The molecule has 0 saturated carbocycles. The molecule has 22 heavy (non-hydrogen) atoms. The van der Waals surface area contributed by atoms with Crippen molar-refractivity contribution in [1.29, 1.82) is 0 Å². The lowest BCUT2D eigenvalue weighted by Gasteiger charge is -2.12. The fourth-order valence-corrected chi connectivity index (χ4v) is 2.98. The smallest absolute Gasteiger partial charge is 0.349 e. The molecule has 5 nitrogen and oxygen atoms in total. The van der Waals surface area contributed by atoms with E-state index in [-0.39, 0.29) is 29.9 Å². The first-order chi connectivity index (χ1) is 10.1. The van der Waals surface area contributed by atoms with Crippen LogP contribution in [0, 0.1) is 6.92 Å². The zero-order valence-electron chi connectivity index (χ0n) is 11.9. The van der Waals surface area contributed by atoms with Crippen LogP contribution in [0.1, 0.15) is 22.3 Å². The molecule has 1 atom stereocenters. The zero-order valence-corrected chi connectivity index (χ0v) is 14.3. The van der Waals surface area contributed by atoms with Crippen molar-refractivity contribution < 1.29 is 9.21 Å². The van der Waals surface area contributed by atoms with Crippen molar-refractivity contribution in [2.75, 3.05) is 13.1 Å². The molecule has 7 heteroatoms. The summed E-state index contributed by atoms with van der Waals surface area (Å²) < 4.78 is 6.13. The van der Waals surface area contributed by atoms with Gasteiger partial charge in [-0.1, -0.05) is 15.9 Å². The highest BCUT2D eigenvalue weighted by Gasteiger charge is 2.22. The van der Waals surface area contributed by atoms with Crippen LogP contribution in [0.3, 0.4) is 0 Å². The van der Waals surface area contributed by atoms with E-state index in [1.165, 1.54) is 0 Å². The van der Waals surface area contributed by atoms with Gasteiger partial charge in [0.1, 0.15) is 11.1 Å². The first-order valence-electron chi connectivity index (χ1n) is 6.81. The van der Waals surface area contributed by atoms with E-state index in [1.807, 2.05) is 6.07 Å². The molecule has 1 amide bonds. The molecule has 1 aliphatic rings. The predicted molar refractivity (Wildman–Crippen MR) is 90.9 cm³/mol. The molecule has 1 unspecified atom stereocenters. The molecular formula is C15H16BrClN2O3. The Balaban J connectivity index is 0.00000176. The number of hydrogen-bond donors (Lipinski definition) is 2. The summed E-state index contributed by atoms with van der Waals surface area (Å²) in [5.41, 5.74) is 0.629. The molecule has 1 aliphatic heterocycles. The van der Waals surface area contributed by atoms with Crippen LogP contribution in [0.15, 0.2) is 31.9 Å². The molecule has 0 spiro atoms. The number of amides is 1. The van der Waals surface area contributed by atoms with Gasteiger partial charge in [-0.15, -0.1) is 12.4 Å². The van der Waals surface area contributed by atoms with Crippen LogP contribution in [-0.2, 0) is 0 Å². The quantitative estimate of drug-likeness (QED) is 0.776. The molecule has 1 aromatic carbocycles. The van der Waals surface area contributed by atoms with Gasteiger partial charge in [-0.05, 0) is 43.7 Å². The van der Waals surface area contributed by atoms with Gasteiger partial charge >= 0.3 is 5.63 Å². The van der Waals surface area contributed by atoms with Crippen LogP contribution in [0.4, 0.5) is 0 Å². The van der Waals surface area contributed by atoms with Crippen LogP contribution in [0.2, 0.25) is 0 Å². The molecule has 118 valence electrons. The molecule has 0 aliphatic carbocycles. The minimum Gasteiger partial charge on any atom is -0.422 e. The van der Waals surface area contributed by atoms with Crippen LogP contribution in [0.5, 0.6) is 0 Å². The lowest BCUT2D eigenvalue weighted by molar-refractivity contribution is 0.0936. The Bertz CT molecular complexity index is 769. The van der Waals surface area contributed by atoms with Gasteiger partial charge in [-0.2, -0.15) is 0 Å². The number of carbonyl (C=O) groups excluding carboxylic acids is 1. The maximum Gasteiger partial charge on any atom is 0.349 e. The van der Waals surface area contributed by atoms with Gasteiger partial charge < -0.3 is 15.1 Å². The highest BCUT2D eigenvalue weighted by atomic mass is 79.9. The Morgan fingerprint density at radius 2 is 2.23 bits per heavy atom. The number of aryl methyl sites for hydroxylation is 1. The molecular weight excluding hydrogens is 372 g/mol. The van der Waals surface area contributed by atoms with Crippen LogP contribution < -0.4 is 16.3 Å². The monoisotopic (exact) mass is 386 g/mol. The topological polar surface area (TPSA) is 71.3 Å². The lowest BCUT2D eigenvalue weighted by atomic mass is 10.1. The number of rotatable bonds is 2. The van der Waals surface area contributed by atoms with E-state index >= 15 is 0 Å². The van der Waals surface area contributed by atoms with Gasteiger partial charge in [-0.3, -0.25) is 4.79 Å². The predicted octanol–water partition coefficient (Wildman–Crippen LogP) is 2.38. The third-order valence-corrected chi connectivity index (χ3v) is 4.24. The molecule has 0 bridgehead atoms. The van der Waals surface area contributed by atoms with Gasteiger partial charge in [0.2, 0.25) is 0 Å². The molecule has 1 fully saturated rings. The van der Waals surface area contributed by atoms with Crippen LogP contribution >= 0.6 is 28.3 Å². The Hall–Kier alpha value is -1.37. The van der Waals surface area contributed by atoms with E-state index in [0.717, 1.165) is 29.4 Å². The molecule has 3 rings (SSSR count). The Morgan fingerprint density at radius 1 is 1.45 bits per heavy atom. The van der Waals surface area contributed by atoms with E-state index in [2.05, 4.69) is 26.6 Å². The first kappa shape index (κ1) is 17.0. The molecule has 0 radical (unpaired) electrons. The van der Waals surface area contributed by atoms with Gasteiger partial charge in [0.25, 0.3) is 5.91 Å². The summed E-state index contributed by atoms with van der Waals surface area (Å²) in [6.07, 6.45) is 0.870. The summed E-state index contributed by atoms with van der Waals surface area (Å²) in [6.45, 7) is 3.38. The number of fused-ring (bicyclic) bond motifs is 1. The maximum atomic E-state index is 12.4. The van der Waals surface area contributed by atoms with Gasteiger partial charge in [0.15, 0.2) is 0 Å². The van der Waals surface area contributed by atoms with Crippen molar-refractivity contribution in [1.82, 2.24) is 10.6 Å². The van der Waals surface area contributed by atoms with Crippen molar-refractivity contribution in [2.45, 2.75) is 19.4 Å². The van der Waals surface area contributed by atoms with E-state index in [9.17, 15) is 9.59 Å². The summed E-state index contributed by atoms with van der Waals surface area (Å²) in [5.74, 6) is -0.364. The van der Waals surface area contributed by atoms with Crippen molar-refractivity contribution >= 4 is 45.2 Å². The summed E-state index contributed by atoms with van der Waals surface area (Å²) in [4.78, 5) is 24.5. The van der Waals surface area contributed by atoms with Gasteiger partial charge in [0, 0.05) is 22.4 Å². The normalized spacial score (nSPS) is 17.3. The Kier molecular flexibility index (Phi) is 5.26. The second-order valence-electron chi connectivity index (χ2n) is 5.19. The number of halogens is 2. The molecule has 1 saturated heterocycles. The van der Waals surface area contributed by atoms with Crippen molar-refractivity contribution in [3.8, 4) is 0 Å². The van der Waals surface area contributed by atoms with Crippen molar-refractivity contribution in [3.05, 3.63) is 44.2 Å². The third-order valence-electron chi connectivity index (χ3n) is 3.75. The van der Waals surface area contributed by atoms with Crippen molar-refractivity contribution in [3.63, 3.8) is 0 Å². The Labute approximate surface area is 142 Å². The van der Waals surface area contributed by atoms with E-state index in [0.29, 0.717) is 11.1 Å². The minimum absolute atomic E-state index is 0. The number of benzene rings is 1. The fraction of sp³-hybridized carbons (Fsp3) is 0.333. The lowest BCUT2D eigenvalue weighted by Crippen LogP contribution is -2.38. The number of nitrogens with one attached hydrogen (secondary N) is 2. The van der Waals surface area contributed by atoms with E-state index in [1.54, 1.807) is 19.1 Å². The standard InChI is InChI=1S/C15H15BrN2O3.ClH/c1-8-11-6-9(16)2-3-12(11)21-15(20)13(8)14(19)18-10-4-5-17-7-10;/h2-3,6,10,17H,4-5,7H2,1H3,(H,18,19);1H. The molecule has 2 heterocycles. The highest BCUT2D eigenvalue weighted by Crippen LogP contribution is 2.23. The summed E-state index contributed by atoms with van der Waals surface area (Å²) in [5, 5.41) is 6.82. The average molecular weight is 388 g/mol. The number of hydrogen-bond acceptors (Lipinski definition) is 4. The van der Waals surface area contributed by atoms with Crippen molar-refractivity contribution in [2.24, 2.45) is 0 Å². The molecule has 2 aromatic rings. The van der Waals surface area contributed by atoms with Gasteiger partial charge in [-0.25, -0.2) is 4.79 Å². The number of carbonyl (C=O) groups is 1. The fourth-order valence-electron chi connectivity index (χ4n) is 2.62.